The molecule has 3 aliphatic carbocycles. The summed E-state index contributed by atoms with van der Waals surface area (Å²) in [5.41, 5.74) is 1.47. The highest BCUT2D eigenvalue weighted by molar-refractivity contribution is 7.17. The van der Waals surface area contributed by atoms with Gasteiger partial charge in [-0.3, -0.25) is 9.59 Å². The van der Waals surface area contributed by atoms with E-state index in [0.29, 0.717) is 17.0 Å². The number of fused-ring (bicyclic) bond motifs is 3. The molecule has 0 spiro atoms. The van der Waals surface area contributed by atoms with E-state index in [9.17, 15) is 19.5 Å². The Morgan fingerprint density at radius 3 is 2.57 bits per heavy atom. The zero-order chi connectivity index (χ0) is 19.8. The maximum atomic E-state index is 13.1. The molecule has 0 aromatic carbocycles. The van der Waals surface area contributed by atoms with Crippen LogP contribution >= 0.6 is 11.3 Å². The Hall–Kier alpha value is -2.15. The molecular weight excluding hydrogens is 378 g/mol. The summed E-state index contributed by atoms with van der Waals surface area (Å²) in [6.45, 7) is 2.04. The van der Waals surface area contributed by atoms with Crippen LogP contribution in [0.2, 0.25) is 0 Å². The second-order valence-corrected chi connectivity index (χ2v) is 8.92. The number of rotatable bonds is 5. The Morgan fingerprint density at radius 1 is 1.14 bits per heavy atom. The van der Waals surface area contributed by atoms with Crippen molar-refractivity contribution in [2.75, 3.05) is 11.9 Å². The molecule has 4 atom stereocenters. The van der Waals surface area contributed by atoms with Crippen LogP contribution in [0.15, 0.2) is 12.2 Å². The van der Waals surface area contributed by atoms with Gasteiger partial charge in [0.1, 0.15) is 5.00 Å². The summed E-state index contributed by atoms with van der Waals surface area (Å²) < 4.78 is 5.26. The van der Waals surface area contributed by atoms with Gasteiger partial charge >= 0.3 is 11.9 Å². The largest absolute Gasteiger partial charge is 0.481 e. The van der Waals surface area contributed by atoms with Crippen molar-refractivity contribution in [1.82, 2.24) is 0 Å². The fourth-order valence-corrected chi connectivity index (χ4v) is 6.24. The summed E-state index contributed by atoms with van der Waals surface area (Å²) in [5, 5.41) is 13.1. The van der Waals surface area contributed by atoms with Gasteiger partial charge < -0.3 is 15.2 Å². The standard InChI is InChI=1S/C21H25NO5S/c1-2-27-21(26)17-13-6-4-3-5-7-14(13)28-19(17)22-18(23)15-11-8-9-12(10-11)16(15)20(24)25/h8-9,11-12,15-16H,2-7,10H2,1H3,(H,22,23)(H,24,25)/t11-,12-,15-,16-/m0/s1. The van der Waals surface area contributed by atoms with Crippen LogP contribution in [0.25, 0.3) is 0 Å². The van der Waals surface area contributed by atoms with Crippen LogP contribution in [-0.4, -0.2) is 29.6 Å². The van der Waals surface area contributed by atoms with Gasteiger partial charge in [-0.2, -0.15) is 0 Å². The number of carbonyl (C=O) groups is 3. The zero-order valence-corrected chi connectivity index (χ0v) is 16.7. The first-order valence-corrected chi connectivity index (χ1v) is 10.9. The third kappa shape index (κ3) is 3.26. The molecule has 0 saturated heterocycles. The molecule has 1 heterocycles. The highest BCUT2D eigenvalue weighted by atomic mass is 32.1. The van der Waals surface area contributed by atoms with Gasteiger partial charge in [-0.05, 0) is 56.4 Å². The van der Waals surface area contributed by atoms with Crippen LogP contribution in [0, 0.1) is 23.7 Å². The van der Waals surface area contributed by atoms with Crippen molar-refractivity contribution in [2.24, 2.45) is 23.7 Å². The first-order chi connectivity index (χ1) is 13.5. The van der Waals surface area contributed by atoms with Gasteiger partial charge in [0.05, 0.1) is 24.0 Å². The molecule has 1 saturated carbocycles. The quantitative estimate of drug-likeness (QED) is 0.445. The van der Waals surface area contributed by atoms with Crippen molar-refractivity contribution < 1.29 is 24.2 Å². The minimum Gasteiger partial charge on any atom is -0.481 e. The van der Waals surface area contributed by atoms with Gasteiger partial charge in [0, 0.05) is 4.88 Å². The van der Waals surface area contributed by atoms with Crippen molar-refractivity contribution >= 4 is 34.2 Å². The van der Waals surface area contributed by atoms with E-state index in [4.69, 9.17) is 4.74 Å². The minimum atomic E-state index is -0.926. The predicted molar refractivity (Wildman–Crippen MR) is 106 cm³/mol. The van der Waals surface area contributed by atoms with E-state index in [0.717, 1.165) is 42.5 Å². The van der Waals surface area contributed by atoms with E-state index >= 15 is 0 Å². The number of nitrogens with one attached hydrogen (secondary N) is 1. The number of carboxylic acids is 1. The number of ether oxygens (including phenoxy) is 1. The summed E-state index contributed by atoms with van der Waals surface area (Å²) in [6, 6.07) is 0. The predicted octanol–water partition coefficient (Wildman–Crippen LogP) is 3.66. The normalized spacial score (nSPS) is 27.9. The molecule has 3 aliphatic rings. The topological polar surface area (TPSA) is 92.7 Å². The molecule has 2 N–H and O–H groups in total. The summed E-state index contributed by atoms with van der Waals surface area (Å²) >= 11 is 1.45. The molecule has 7 heteroatoms. The number of carbonyl (C=O) groups excluding carboxylic acids is 2. The number of hydrogen-bond acceptors (Lipinski definition) is 5. The average molecular weight is 404 g/mol. The lowest BCUT2D eigenvalue weighted by Crippen LogP contribution is -2.36. The Bertz CT molecular complexity index is 842. The van der Waals surface area contributed by atoms with Crippen LogP contribution in [-0.2, 0) is 27.2 Å². The third-order valence-electron chi connectivity index (χ3n) is 6.18. The molecule has 0 unspecified atom stereocenters. The maximum Gasteiger partial charge on any atom is 0.341 e. The molecule has 1 amide bonds. The highest BCUT2D eigenvalue weighted by Crippen LogP contribution is 2.49. The lowest BCUT2D eigenvalue weighted by molar-refractivity contribution is -0.146. The average Bonchev–Trinajstić information content (AvgIpc) is 3.31. The first kappa shape index (κ1) is 19.2. The van der Waals surface area contributed by atoms with E-state index in [1.165, 1.54) is 11.3 Å². The lowest BCUT2D eigenvalue weighted by atomic mass is 9.82. The SMILES string of the molecule is CCOC(=O)c1c(NC(=O)[C@@H]2[C@@H](C(=O)O)[C@H]3C=C[C@H]2C3)sc2c1CCCCC2. The summed E-state index contributed by atoms with van der Waals surface area (Å²) in [5.74, 6) is -3.04. The first-order valence-electron chi connectivity index (χ1n) is 10.0. The number of anilines is 1. The van der Waals surface area contributed by atoms with Crippen LogP contribution in [0.3, 0.4) is 0 Å². The Balaban J connectivity index is 1.64. The van der Waals surface area contributed by atoms with Gasteiger partial charge in [-0.25, -0.2) is 4.79 Å². The van der Waals surface area contributed by atoms with Crippen molar-refractivity contribution in [3.63, 3.8) is 0 Å². The number of aliphatic carboxylic acids is 1. The van der Waals surface area contributed by atoms with E-state index < -0.39 is 23.8 Å². The second kappa shape index (κ2) is 7.70. The third-order valence-corrected chi connectivity index (χ3v) is 7.39. The van der Waals surface area contributed by atoms with Gasteiger partial charge in [-0.1, -0.05) is 18.6 Å². The molecule has 150 valence electrons. The molecule has 0 radical (unpaired) electrons. The summed E-state index contributed by atoms with van der Waals surface area (Å²) in [7, 11) is 0. The Morgan fingerprint density at radius 2 is 1.86 bits per heavy atom. The molecule has 0 aliphatic heterocycles. The summed E-state index contributed by atoms with van der Waals surface area (Å²) in [4.78, 5) is 38.6. The van der Waals surface area contributed by atoms with Gasteiger partial charge in [0.25, 0.3) is 0 Å². The van der Waals surface area contributed by atoms with Crippen LogP contribution in [0.4, 0.5) is 5.00 Å². The molecule has 6 nitrogen and oxygen atoms in total. The second-order valence-electron chi connectivity index (χ2n) is 7.82. The number of allylic oxidation sites excluding steroid dienone is 2. The van der Waals surface area contributed by atoms with Crippen LogP contribution in [0.5, 0.6) is 0 Å². The van der Waals surface area contributed by atoms with E-state index in [2.05, 4.69) is 5.32 Å². The van der Waals surface area contributed by atoms with Crippen molar-refractivity contribution in [3.8, 4) is 0 Å². The van der Waals surface area contributed by atoms with Crippen molar-refractivity contribution in [1.29, 1.82) is 0 Å². The molecular formula is C21H25NO5S. The number of hydrogen-bond donors (Lipinski definition) is 2. The number of aryl methyl sites for hydroxylation is 1. The van der Waals surface area contributed by atoms with Crippen LogP contribution in [0.1, 0.15) is 53.4 Å². The monoisotopic (exact) mass is 403 g/mol. The minimum absolute atomic E-state index is 0.0464. The Labute approximate surface area is 168 Å². The Kier molecular flexibility index (Phi) is 5.27. The van der Waals surface area contributed by atoms with E-state index in [-0.39, 0.29) is 24.3 Å². The van der Waals surface area contributed by atoms with Gasteiger partial charge in [0.15, 0.2) is 0 Å². The fourth-order valence-electron chi connectivity index (χ4n) is 4.96. The fraction of sp³-hybridized carbons (Fsp3) is 0.571. The molecule has 1 aromatic rings. The highest BCUT2D eigenvalue weighted by Gasteiger charge is 2.51. The van der Waals surface area contributed by atoms with Crippen molar-refractivity contribution in [3.05, 3.63) is 28.2 Å². The van der Waals surface area contributed by atoms with Crippen LogP contribution < -0.4 is 5.32 Å². The smallest absolute Gasteiger partial charge is 0.341 e. The van der Waals surface area contributed by atoms with E-state index in [1.807, 2.05) is 12.2 Å². The number of thiophene rings is 1. The molecule has 2 bridgehead atoms. The van der Waals surface area contributed by atoms with E-state index in [1.54, 1.807) is 6.92 Å². The number of esters is 1. The summed E-state index contributed by atoms with van der Waals surface area (Å²) in [6.07, 6.45) is 9.52. The molecule has 28 heavy (non-hydrogen) atoms. The molecule has 4 rings (SSSR count). The number of carboxylic acid groups (broad SMARTS) is 1. The lowest BCUT2D eigenvalue weighted by Gasteiger charge is -2.23. The molecule has 1 fully saturated rings. The molecule has 1 aromatic heterocycles. The maximum absolute atomic E-state index is 13.1. The zero-order valence-electron chi connectivity index (χ0n) is 15.9. The van der Waals surface area contributed by atoms with Crippen molar-refractivity contribution in [2.45, 2.75) is 45.4 Å². The van der Waals surface area contributed by atoms with Gasteiger partial charge in [-0.15, -0.1) is 11.3 Å². The number of amides is 1. The van der Waals surface area contributed by atoms with Gasteiger partial charge in [0.2, 0.25) is 5.91 Å².